The summed E-state index contributed by atoms with van der Waals surface area (Å²) < 4.78 is 11.1. The van der Waals surface area contributed by atoms with Crippen molar-refractivity contribution in [3.05, 3.63) is 11.6 Å². The Morgan fingerprint density at radius 3 is 2.41 bits per heavy atom. The monoisotopic (exact) mass is 453 g/mol. The summed E-state index contributed by atoms with van der Waals surface area (Å²) in [5, 5.41) is 20.6. The number of carbonyl (C=O) groups excluding carboxylic acids is 3. The maximum atomic E-state index is 13.1. The number of ether oxygens (including phenoxy) is 2. The number of rotatable bonds is 7. The fourth-order valence-electron chi connectivity index (χ4n) is 4.18. The molecule has 2 aliphatic heterocycles. The molecule has 2 fully saturated rings. The highest BCUT2D eigenvalue weighted by molar-refractivity contribution is 6.39. The van der Waals surface area contributed by atoms with Crippen LogP contribution < -0.4 is 0 Å². The number of Topliss-reactive ketones (excluding diaryl/α,β-unsaturated/α-hetero) is 1. The number of carbonyl (C=O) groups is 3. The molecule has 0 aromatic carbocycles. The number of piperidine rings is 1. The van der Waals surface area contributed by atoms with Gasteiger partial charge in [-0.05, 0) is 65.4 Å². The van der Waals surface area contributed by atoms with Gasteiger partial charge in [0.25, 0.3) is 11.7 Å². The van der Waals surface area contributed by atoms with Crippen LogP contribution in [0.4, 0.5) is 0 Å². The minimum Gasteiger partial charge on any atom is -0.457 e. The standard InChI is InChI=1S/C24H39NO7/c1-14(18(5)26)13-15(2)19(6)31-23(29)20-9-7-8-12-25(20)22(28)21(27)24(30)16(3)10-11-17(4)32-24/h13-14,16-20,26,30H,7-12H2,1-6H3/b15-13+. The molecule has 2 aliphatic rings. The van der Waals surface area contributed by atoms with Crippen molar-refractivity contribution in [2.75, 3.05) is 6.54 Å². The van der Waals surface area contributed by atoms with E-state index < -0.39 is 47.6 Å². The van der Waals surface area contributed by atoms with Gasteiger partial charge in [0.15, 0.2) is 0 Å². The predicted octanol–water partition coefficient (Wildman–Crippen LogP) is 2.36. The average Bonchev–Trinajstić information content (AvgIpc) is 2.75. The normalized spacial score (nSPS) is 32.1. The molecular formula is C24H39NO7. The highest BCUT2D eigenvalue weighted by atomic mass is 16.6. The Hall–Kier alpha value is -1.77. The molecule has 0 radical (unpaired) electrons. The van der Waals surface area contributed by atoms with Gasteiger partial charge in [0.05, 0.1) is 12.2 Å². The van der Waals surface area contributed by atoms with E-state index in [1.165, 1.54) is 4.90 Å². The molecule has 8 nitrogen and oxygen atoms in total. The summed E-state index contributed by atoms with van der Waals surface area (Å²) in [4.78, 5) is 40.3. The van der Waals surface area contributed by atoms with Crippen LogP contribution in [0, 0.1) is 11.8 Å². The van der Waals surface area contributed by atoms with Gasteiger partial charge in [-0.1, -0.05) is 19.9 Å². The van der Waals surface area contributed by atoms with Crippen LogP contribution in [0.5, 0.6) is 0 Å². The third-order valence-corrected chi connectivity index (χ3v) is 6.83. The number of nitrogens with zero attached hydrogens (tertiary/aromatic N) is 1. The second kappa shape index (κ2) is 10.9. The lowest BCUT2D eigenvalue weighted by molar-refractivity contribution is -0.259. The van der Waals surface area contributed by atoms with Gasteiger partial charge < -0.3 is 24.6 Å². The number of amides is 1. The SMILES string of the molecule is C/C(=C\C(C)C(C)O)C(C)OC(=O)C1CCCCN1C(=O)C(=O)C1(O)OC(C)CCC1C. The Morgan fingerprint density at radius 1 is 1.12 bits per heavy atom. The lowest BCUT2D eigenvalue weighted by atomic mass is 9.87. The minimum atomic E-state index is -2.18. The van der Waals surface area contributed by atoms with E-state index in [-0.39, 0.29) is 18.6 Å². The summed E-state index contributed by atoms with van der Waals surface area (Å²) in [6.07, 6.45) is 3.50. The highest BCUT2D eigenvalue weighted by Crippen LogP contribution is 2.34. The van der Waals surface area contributed by atoms with E-state index >= 15 is 0 Å². The minimum absolute atomic E-state index is 0.0952. The van der Waals surface area contributed by atoms with Gasteiger partial charge in [0.1, 0.15) is 12.1 Å². The predicted molar refractivity (Wildman–Crippen MR) is 118 cm³/mol. The van der Waals surface area contributed by atoms with Crippen molar-refractivity contribution in [3.8, 4) is 0 Å². The number of hydrogen-bond donors (Lipinski definition) is 2. The number of aliphatic hydroxyl groups is 2. The molecule has 2 rings (SSSR count). The van der Waals surface area contributed by atoms with Crippen LogP contribution in [-0.2, 0) is 23.9 Å². The number of hydrogen-bond acceptors (Lipinski definition) is 7. The van der Waals surface area contributed by atoms with E-state index in [1.807, 2.05) is 19.9 Å². The molecule has 182 valence electrons. The van der Waals surface area contributed by atoms with Crippen LogP contribution in [0.25, 0.3) is 0 Å². The molecule has 32 heavy (non-hydrogen) atoms. The van der Waals surface area contributed by atoms with Crippen LogP contribution in [0.2, 0.25) is 0 Å². The van der Waals surface area contributed by atoms with Crippen molar-refractivity contribution in [2.24, 2.45) is 11.8 Å². The van der Waals surface area contributed by atoms with Crippen molar-refractivity contribution < 1.29 is 34.1 Å². The average molecular weight is 454 g/mol. The second-order valence-corrected chi connectivity index (χ2v) is 9.53. The van der Waals surface area contributed by atoms with Crippen molar-refractivity contribution >= 4 is 17.7 Å². The third-order valence-electron chi connectivity index (χ3n) is 6.83. The quantitative estimate of drug-likeness (QED) is 0.346. The van der Waals surface area contributed by atoms with E-state index in [0.717, 1.165) is 12.0 Å². The van der Waals surface area contributed by atoms with Crippen molar-refractivity contribution in [3.63, 3.8) is 0 Å². The molecule has 7 unspecified atom stereocenters. The van der Waals surface area contributed by atoms with Crippen molar-refractivity contribution in [2.45, 2.75) is 104 Å². The molecule has 0 aliphatic carbocycles. The zero-order chi connectivity index (χ0) is 24.2. The fraction of sp³-hybridized carbons (Fsp3) is 0.792. The lowest BCUT2D eigenvalue weighted by Crippen LogP contribution is -2.60. The Balaban J connectivity index is 2.13. The van der Waals surface area contributed by atoms with Gasteiger partial charge in [-0.3, -0.25) is 9.59 Å². The lowest BCUT2D eigenvalue weighted by Gasteiger charge is -2.41. The van der Waals surface area contributed by atoms with E-state index in [1.54, 1.807) is 27.7 Å². The van der Waals surface area contributed by atoms with E-state index in [0.29, 0.717) is 25.7 Å². The zero-order valence-electron chi connectivity index (χ0n) is 20.2. The number of likely N-dealkylation sites (tertiary alicyclic amines) is 1. The molecule has 0 aromatic heterocycles. The zero-order valence-corrected chi connectivity index (χ0v) is 20.2. The van der Waals surface area contributed by atoms with Crippen LogP contribution in [-0.4, -0.2) is 69.5 Å². The summed E-state index contributed by atoms with van der Waals surface area (Å²) in [6, 6.07) is -0.885. The summed E-state index contributed by atoms with van der Waals surface area (Å²) >= 11 is 0. The molecule has 0 spiro atoms. The van der Waals surface area contributed by atoms with Gasteiger partial charge in [0, 0.05) is 18.4 Å². The van der Waals surface area contributed by atoms with Crippen LogP contribution >= 0.6 is 0 Å². The molecule has 8 heteroatoms. The van der Waals surface area contributed by atoms with E-state index in [2.05, 4.69) is 0 Å². The van der Waals surface area contributed by atoms with Gasteiger partial charge in [-0.25, -0.2) is 4.79 Å². The first-order valence-corrected chi connectivity index (χ1v) is 11.7. The Morgan fingerprint density at radius 2 is 1.78 bits per heavy atom. The smallest absolute Gasteiger partial charge is 0.329 e. The molecular weight excluding hydrogens is 414 g/mol. The maximum absolute atomic E-state index is 13.1. The maximum Gasteiger partial charge on any atom is 0.329 e. The third kappa shape index (κ3) is 5.97. The highest BCUT2D eigenvalue weighted by Gasteiger charge is 2.52. The summed E-state index contributed by atoms with van der Waals surface area (Å²) in [7, 11) is 0. The van der Waals surface area contributed by atoms with Gasteiger partial charge >= 0.3 is 5.97 Å². The molecule has 2 saturated heterocycles. The molecule has 7 atom stereocenters. The second-order valence-electron chi connectivity index (χ2n) is 9.53. The Labute approximate surface area is 190 Å². The Kier molecular flexibility index (Phi) is 9.02. The van der Waals surface area contributed by atoms with Crippen molar-refractivity contribution in [1.29, 1.82) is 0 Å². The van der Waals surface area contributed by atoms with Crippen LogP contribution in [0.15, 0.2) is 11.6 Å². The largest absolute Gasteiger partial charge is 0.457 e. The molecule has 2 heterocycles. The van der Waals surface area contributed by atoms with Crippen LogP contribution in [0.3, 0.4) is 0 Å². The first-order chi connectivity index (χ1) is 14.9. The van der Waals surface area contributed by atoms with E-state index in [9.17, 15) is 24.6 Å². The summed E-state index contributed by atoms with van der Waals surface area (Å²) in [5.74, 6) is -5.29. The first kappa shape index (κ1) is 26.5. The topological polar surface area (TPSA) is 113 Å². The molecule has 1 amide bonds. The van der Waals surface area contributed by atoms with E-state index in [4.69, 9.17) is 9.47 Å². The number of esters is 1. The molecule has 0 bridgehead atoms. The summed E-state index contributed by atoms with van der Waals surface area (Å²) in [6.45, 7) is 10.8. The van der Waals surface area contributed by atoms with Gasteiger partial charge in [0.2, 0.25) is 5.79 Å². The fourth-order valence-corrected chi connectivity index (χ4v) is 4.18. The Bertz CT molecular complexity index is 734. The van der Waals surface area contributed by atoms with Crippen molar-refractivity contribution in [1.82, 2.24) is 4.90 Å². The number of aliphatic hydroxyl groups excluding tert-OH is 1. The molecule has 0 aromatic rings. The molecule has 0 saturated carbocycles. The number of ketones is 1. The summed E-state index contributed by atoms with van der Waals surface area (Å²) in [5.41, 5.74) is 0.796. The molecule has 2 N–H and O–H groups in total. The van der Waals surface area contributed by atoms with Gasteiger partial charge in [-0.15, -0.1) is 0 Å². The first-order valence-electron chi connectivity index (χ1n) is 11.7. The van der Waals surface area contributed by atoms with Gasteiger partial charge in [-0.2, -0.15) is 0 Å². The van der Waals surface area contributed by atoms with Crippen LogP contribution in [0.1, 0.15) is 73.6 Å².